The molecule has 0 fully saturated rings. The number of anilines is 1. The van der Waals surface area contributed by atoms with E-state index in [0.29, 0.717) is 29.6 Å². The van der Waals surface area contributed by atoms with Crippen molar-refractivity contribution >= 4 is 23.1 Å². The van der Waals surface area contributed by atoms with E-state index in [-0.39, 0.29) is 17.4 Å². The second kappa shape index (κ2) is 8.75. The molecule has 2 heterocycles. The van der Waals surface area contributed by atoms with Gasteiger partial charge in [-0.1, -0.05) is 53.6 Å². The summed E-state index contributed by atoms with van der Waals surface area (Å²) in [6, 6.07) is 19.3. The van der Waals surface area contributed by atoms with Gasteiger partial charge in [-0.2, -0.15) is 0 Å². The van der Waals surface area contributed by atoms with Crippen LogP contribution in [-0.4, -0.2) is 21.7 Å². The first-order valence-corrected chi connectivity index (χ1v) is 11.6. The van der Waals surface area contributed by atoms with E-state index in [9.17, 15) is 15.3 Å². The first-order valence-electron chi connectivity index (χ1n) is 11.6. The van der Waals surface area contributed by atoms with E-state index in [4.69, 9.17) is 0 Å². The van der Waals surface area contributed by atoms with Gasteiger partial charge in [0.15, 0.2) is 5.78 Å². The Hall–Kier alpha value is -3.99. The van der Waals surface area contributed by atoms with E-state index >= 15 is 0 Å². The lowest BCUT2D eigenvalue weighted by Gasteiger charge is -2.41. The molecule has 0 spiro atoms. The molecule has 3 aromatic rings. The fourth-order valence-electron chi connectivity index (χ4n) is 4.92. The second-order valence-electron chi connectivity index (χ2n) is 9.00. The maximum atomic E-state index is 13.4. The molecular weight excluding hydrogens is 422 g/mol. The lowest BCUT2D eigenvalue weighted by atomic mass is 9.73. The number of rotatable bonds is 3. The largest absolute Gasteiger partial charge is 0.507 e. The molecule has 0 saturated carbocycles. The van der Waals surface area contributed by atoms with Crippen molar-refractivity contribution in [3.8, 4) is 0 Å². The van der Waals surface area contributed by atoms with E-state index < -0.39 is 5.92 Å². The molecule has 0 saturated heterocycles. The molecule has 34 heavy (non-hydrogen) atoms. The van der Waals surface area contributed by atoms with Crippen LogP contribution in [0.15, 0.2) is 89.9 Å². The third-order valence-electron chi connectivity index (χ3n) is 6.64. The number of nitrogens with one attached hydrogen (secondary N) is 1. The Kier molecular flexibility index (Phi) is 5.62. The molecule has 1 atom stereocenters. The summed E-state index contributed by atoms with van der Waals surface area (Å²) in [6.45, 7) is 4.01. The number of aryl methyl sites for hydroxylation is 2. The highest BCUT2D eigenvalue weighted by molar-refractivity contribution is 6.19. The van der Waals surface area contributed by atoms with Gasteiger partial charge in [-0.05, 0) is 50.5 Å². The van der Waals surface area contributed by atoms with Gasteiger partial charge >= 0.3 is 0 Å². The van der Waals surface area contributed by atoms with Gasteiger partial charge in [-0.15, -0.1) is 0 Å². The summed E-state index contributed by atoms with van der Waals surface area (Å²) < 4.78 is 0. The van der Waals surface area contributed by atoms with Gasteiger partial charge in [0.05, 0.1) is 0 Å². The van der Waals surface area contributed by atoms with Crippen molar-refractivity contribution in [3.05, 3.63) is 112 Å². The summed E-state index contributed by atoms with van der Waals surface area (Å²) in [5, 5.41) is 20.9. The fraction of sp³-hybridized carbons (Fsp3) is 0.207. The summed E-state index contributed by atoms with van der Waals surface area (Å²) in [4.78, 5) is 19.6. The zero-order valence-corrected chi connectivity index (χ0v) is 19.4. The number of Topliss-reactive ketones (excluding diaryl/α,β-unsaturated/α-hetero) is 1. The van der Waals surface area contributed by atoms with Gasteiger partial charge < -0.3 is 5.11 Å². The lowest BCUT2D eigenvalue weighted by molar-refractivity contribution is -0.116. The highest BCUT2D eigenvalue weighted by Crippen LogP contribution is 2.47. The van der Waals surface area contributed by atoms with Crippen molar-refractivity contribution in [2.45, 2.75) is 39.0 Å². The van der Waals surface area contributed by atoms with Crippen molar-refractivity contribution in [2.75, 3.05) is 4.90 Å². The van der Waals surface area contributed by atoms with Crippen LogP contribution >= 0.6 is 0 Å². The molecule has 0 radical (unpaired) electrons. The molecule has 1 aliphatic carbocycles. The topological polar surface area (TPSA) is 77.3 Å². The summed E-state index contributed by atoms with van der Waals surface area (Å²) in [5.41, 5.74) is 6.36. The number of nitrogens with zero attached hydrogens (tertiary/aromatic N) is 2. The number of amidine groups is 1. The van der Waals surface area contributed by atoms with Crippen molar-refractivity contribution in [2.24, 2.45) is 0 Å². The third-order valence-corrected chi connectivity index (χ3v) is 6.64. The molecule has 170 valence electrons. The van der Waals surface area contributed by atoms with Gasteiger partial charge in [0.25, 0.3) is 0 Å². The third kappa shape index (κ3) is 3.73. The molecular formula is C29H27N3O2. The minimum Gasteiger partial charge on any atom is -0.507 e. The number of benzene rings is 2. The van der Waals surface area contributed by atoms with Crippen LogP contribution in [0.5, 0.6) is 0 Å². The van der Waals surface area contributed by atoms with Crippen LogP contribution in [0.25, 0.3) is 5.76 Å². The Morgan fingerprint density at radius 2 is 1.68 bits per heavy atom. The zero-order valence-electron chi connectivity index (χ0n) is 19.4. The summed E-state index contributed by atoms with van der Waals surface area (Å²) in [5.74, 6) is -0.286. The van der Waals surface area contributed by atoms with Crippen molar-refractivity contribution < 1.29 is 9.90 Å². The molecule has 2 N–H and O–H groups in total. The van der Waals surface area contributed by atoms with Crippen molar-refractivity contribution in [1.82, 2.24) is 4.98 Å². The smallest absolute Gasteiger partial charge is 0.161 e. The number of aromatic nitrogens is 1. The molecule has 2 aliphatic rings. The molecule has 0 amide bonds. The number of aliphatic hydroxyl groups is 1. The maximum absolute atomic E-state index is 13.4. The van der Waals surface area contributed by atoms with Crippen LogP contribution in [0.4, 0.5) is 5.69 Å². The maximum Gasteiger partial charge on any atom is 0.161 e. The number of carbonyl (C=O) groups is 1. The molecule has 5 nitrogen and oxygen atoms in total. The van der Waals surface area contributed by atoms with Crippen molar-refractivity contribution in [1.29, 1.82) is 5.41 Å². The summed E-state index contributed by atoms with van der Waals surface area (Å²) >= 11 is 0. The number of hydrogen-bond acceptors (Lipinski definition) is 4. The van der Waals surface area contributed by atoms with E-state index in [1.807, 2.05) is 79.4 Å². The van der Waals surface area contributed by atoms with Crippen LogP contribution in [0.3, 0.4) is 0 Å². The van der Waals surface area contributed by atoms with E-state index in [1.54, 1.807) is 12.4 Å². The molecule has 5 rings (SSSR count). The summed E-state index contributed by atoms with van der Waals surface area (Å²) in [7, 11) is 0. The summed E-state index contributed by atoms with van der Waals surface area (Å²) in [6.07, 6.45) is 5.33. The number of allylic oxidation sites excluding steroid dienone is 2. The van der Waals surface area contributed by atoms with Crippen LogP contribution in [0.1, 0.15) is 47.4 Å². The molecule has 5 heteroatoms. The molecule has 1 aromatic heterocycles. The van der Waals surface area contributed by atoms with Gasteiger partial charge in [0.2, 0.25) is 0 Å². The van der Waals surface area contributed by atoms with Gasteiger partial charge in [-0.3, -0.25) is 20.1 Å². The Morgan fingerprint density at radius 1 is 1.00 bits per heavy atom. The van der Waals surface area contributed by atoms with E-state index in [2.05, 4.69) is 4.98 Å². The second-order valence-corrected chi connectivity index (χ2v) is 9.00. The first kappa shape index (κ1) is 21.8. The average Bonchev–Trinajstić information content (AvgIpc) is 2.85. The van der Waals surface area contributed by atoms with Gasteiger partial charge in [0.1, 0.15) is 11.6 Å². The van der Waals surface area contributed by atoms with E-state index in [1.165, 1.54) is 0 Å². The number of carbonyl (C=O) groups excluding carboxylic acids is 1. The van der Waals surface area contributed by atoms with Gasteiger partial charge in [-0.25, -0.2) is 0 Å². The Morgan fingerprint density at radius 3 is 2.32 bits per heavy atom. The molecule has 1 unspecified atom stereocenters. The highest BCUT2D eigenvalue weighted by Gasteiger charge is 2.43. The fourth-order valence-corrected chi connectivity index (χ4v) is 4.92. The average molecular weight is 450 g/mol. The highest BCUT2D eigenvalue weighted by atomic mass is 16.3. The minimum atomic E-state index is -0.549. The van der Waals surface area contributed by atoms with E-state index in [0.717, 1.165) is 34.5 Å². The quantitative estimate of drug-likeness (QED) is 0.463. The lowest BCUT2D eigenvalue weighted by Crippen LogP contribution is -2.42. The normalized spacial score (nSPS) is 19.8. The predicted molar refractivity (Wildman–Crippen MR) is 135 cm³/mol. The first-order chi connectivity index (χ1) is 16.5. The number of pyridine rings is 1. The SMILES string of the molecule is Cc1ccc(/C(O)=C2\C(=N)N(c3ccc(C)cc3)C3=C(C(=O)CCC3)C2c2cccnc2)cc1. The van der Waals surface area contributed by atoms with Crippen LogP contribution in [-0.2, 0) is 4.79 Å². The standard InChI is InChI=1S/C29H27N3O2/c1-18-8-12-20(13-9-18)28(34)27-25(21-5-4-16-31-17-21)26-23(6-3-7-24(26)33)32(29(27)30)22-14-10-19(2)11-15-22/h4-5,8-17,25,30,34H,3,6-7H2,1-2H3/b28-27+,30-29?. The Balaban J connectivity index is 1.81. The Labute approximate surface area is 199 Å². The number of hydrogen-bond donors (Lipinski definition) is 2. The van der Waals surface area contributed by atoms with Gasteiger partial charge in [0, 0.05) is 52.8 Å². The van der Waals surface area contributed by atoms with Crippen LogP contribution < -0.4 is 4.90 Å². The zero-order chi connectivity index (χ0) is 23.8. The molecule has 2 aromatic carbocycles. The van der Waals surface area contributed by atoms with Crippen LogP contribution in [0.2, 0.25) is 0 Å². The predicted octanol–water partition coefficient (Wildman–Crippen LogP) is 6.26. The minimum absolute atomic E-state index is 0.0147. The molecule has 1 aliphatic heterocycles. The number of aliphatic hydroxyl groups excluding tert-OH is 1. The van der Waals surface area contributed by atoms with Crippen LogP contribution in [0, 0.1) is 19.3 Å². The Bertz CT molecular complexity index is 1320. The molecule has 0 bridgehead atoms. The monoisotopic (exact) mass is 449 g/mol. The van der Waals surface area contributed by atoms with Crippen molar-refractivity contribution in [3.63, 3.8) is 0 Å². The number of ketones is 1.